The topological polar surface area (TPSA) is 24.5 Å². The van der Waals surface area contributed by atoms with E-state index in [2.05, 4.69) is 5.32 Å². The number of hydrogen-bond acceptors (Lipinski definition) is 3. The Morgan fingerprint density at radius 1 is 1.17 bits per heavy atom. The fraction of sp³-hybridized carbons (Fsp3) is 0.625. The highest BCUT2D eigenvalue weighted by atomic mass is 35.5. The maximum Gasteiger partial charge on any atom is 0.390 e. The summed E-state index contributed by atoms with van der Waals surface area (Å²) in [6.45, 7) is 6.39. The summed E-state index contributed by atoms with van der Waals surface area (Å²) in [7, 11) is 0. The number of halogens is 4. The van der Waals surface area contributed by atoms with Crippen LogP contribution in [-0.4, -0.2) is 43.4 Å². The number of alkyl halides is 3. The first-order chi connectivity index (χ1) is 10.4. The minimum Gasteiger partial charge on any atom is -0.491 e. The Morgan fingerprint density at radius 2 is 1.78 bits per heavy atom. The van der Waals surface area contributed by atoms with Gasteiger partial charge in [-0.3, -0.25) is 4.90 Å². The molecule has 1 aliphatic rings. The first-order valence-corrected chi connectivity index (χ1v) is 7.64. The zero-order valence-corrected chi connectivity index (χ0v) is 14.2. The normalized spacial score (nSPS) is 17.7. The van der Waals surface area contributed by atoms with E-state index >= 15 is 0 Å². The van der Waals surface area contributed by atoms with Gasteiger partial charge in [0.2, 0.25) is 0 Å². The number of nitrogens with one attached hydrogen (secondary N) is 1. The van der Waals surface area contributed by atoms with Gasteiger partial charge in [-0.25, -0.2) is 0 Å². The van der Waals surface area contributed by atoms with Crippen LogP contribution in [-0.2, 0) is 0 Å². The van der Waals surface area contributed by atoms with E-state index < -0.39 is 18.6 Å². The van der Waals surface area contributed by atoms with Gasteiger partial charge < -0.3 is 10.1 Å². The SMILES string of the molecule is CC(C)Oc1ccccc1[C@H](CC(F)(F)F)N1CCNCC1.Cl. The average Bonchev–Trinajstić information content (AvgIpc) is 2.45. The monoisotopic (exact) mass is 352 g/mol. The number of para-hydroxylation sites is 1. The quantitative estimate of drug-likeness (QED) is 0.872. The second-order valence-corrected chi connectivity index (χ2v) is 5.83. The lowest BCUT2D eigenvalue weighted by Gasteiger charge is -2.36. The maximum atomic E-state index is 13.1. The van der Waals surface area contributed by atoms with E-state index in [9.17, 15) is 13.2 Å². The second kappa shape index (κ2) is 8.76. The van der Waals surface area contributed by atoms with Crippen LogP contribution in [0.1, 0.15) is 31.9 Å². The summed E-state index contributed by atoms with van der Waals surface area (Å²) in [5.41, 5.74) is 0.621. The summed E-state index contributed by atoms with van der Waals surface area (Å²) in [4.78, 5) is 1.90. The Bertz CT molecular complexity index is 477. The van der Waals surface area contributed by atoms with E-state index in [1.165, 1.54) is 0 Å². The Kier molecular flexibility index (Phi) is 7.64. The van der Waals surface area contributed by atoms with Crippen molar-refractivity contribution in [3.8, 4) is 5.75 Å². The van der Waals surface area contributed by atoms with Crippen LogP contribution in [0.15, 0.2) is 24.3 Å². The van der Waals surface area contributed by atoms with Gasteiger partial charge in [-0.05, 0) is 19.9 Å². The molecule has 0 aliphatic carbocycles. The van der Waals surface area contributed by atoms with Crippen molar-refractivity contribution in [3.63, 3.8) is 0 Å². The number of rotatable bonds is 5. The van der Waals surface area contributed by atoms with Gasteiger partial charge in [0.25, 0.3) is 0 Å². The van der Waals surface area contributed by atoms with Crippen LogP contribution in [0.4, 0.5) is 13.2 Å². The summed E-state index contributed by atoms with van der Waals surface area (Å²) in [5.74, 6) is 0.547. The Labute approximate surface area is 141 Å². The molecule has 0 aromatic heterocycles. The van der Waals surface area contributed by atoms with Crippen molar-refractivity contribution in [2.75, 3.05) is 26.2 Å². The van der Waals surface area contributed by atoms with Crippen molar-refractivity contribution < 1.29 is 17.9 Å². The number of nitrogens with zero attached hydrogens (tertiary/aromatic N) is 1. The number of piperazine rings is 1. The molecule has 0 amide bonds. The van der Waals surface area contributed by atoms with Crippen LogP contribution in [0.5, 0.6) is 5.75 Å². The molecular weight excluding hydrogens is 329 g/mol. The third-order valence-corrected chi connectivity index (χ3v) is 3.66. The Morgan fingerprint density at radius 3 is 2.35 bits per heavy atom. The Hall–Kier alpha value is -0.980. The molecule has 1 N–H and O–H groups in total. The van der Waals surface area contributed by atoms with Crippen molar-refractivity contribution >= 4 is 12.4 Å². The molecule has 1 aromatic carbocycles. The predicted molar refractivity (Wildman–Crippen MR) is 87.3 cm³/mol. The van der Waals surface area contributed by atoms with Gasteiger partial charge in [-0.1, -0.05) is 18.2 Å². The van der Waals surface area contributed by atoms with Crippen LogP contribution in [0.25, 0.3) is 0 Å². The zero-order chi connectivity index (χ0) is 16.2. The van der Waals surface area contributed by atoms with Gasteiger partial charge in [0.15, 0.2) is 0 Å². The van der Waals surface area contributed by atoms with E-state index in [0.717, 1.165) is 0 Å². The smallest absolute Gasteiger partial charge is 0.390 e. The lowest BCUT2D eigenvalue weighted by Crippen LogP contribution is -2.46. The van der Waals surface area contributed by atoms with Gasteiger partial charge in [0, 0.05) is 37.8 Å². The summed E-state index contributed by atoms with van der Waals surface area (Å²) in [6, 6.07) is 6.37. The molecule has 1 saturated heterocycles. The molecule has 0 spiro atoms. The van der Waals surface area contributed by atoms with Gasteiger partial charge >= 0.3 is 6.18 Å². The molecule has 132 valence electrons. The molecule has 23 heavy (non-hydrogen) atoms. The zero-order valence-electron chi connectivity index (χ0n) is 13.4. The molecule has 1 aromatic rings. The van der Waals surface area contributed by atoms with E-state index in [4.69, 9.17) is 4.74 Å². The molecular formula is C16H24ClF3N2O. The fourth-order valence-electron chi connectivity index (χ4n) is 2.77. The van der Waals surface area contributed by atoms with Gasteiger partial charge in [0.05, 0.1) is 12.5 Å². The maximum absolute atomic E-state index is 13.1. The largest absolute Gasteiger partial charge is 0.491 e. The average molecular weight is 353 g/mol. The van der Waals surface area contributed by atoms with Crippen molar-refractivity contribution in [2.24, 2.45) is 0 Å². The molecule has 2 rings (SSSR count). The van der Waals surface area contributed by atoms with E-state index in [1.807, 2.05) is 18.7 Å². The molecule has 7 heteroatoms. The summed E-state index contributed by atoms with van der Waals surface area (Å²) in [6.07, 6.45) is -5.14. The number of ether oxygens (including phenoxy) is 1. The van der Waals surface area contributed by atoms with Crippen LogP contribution >= 0.6 is 12.4 Å². The van der Waals surface area contributed by atoms with E-state index in [-0.39, 0.29) is 18.5 Å². The minimum atomic E-state index is -4.21. The van der Waals surface area contributed by atoms with Crippen molar-refractivity contribution in [3.05, 3.63) is 29.8 Å². The molecule has 3 nitrogen and oxygen atoms in total. The molecule has 0 radical (unpaired) electrons. The predicted octanol–water partition coefficient (Wildman–Crippen LogP) is 3.79. The first kappa shape index (κ1) is 20.1. The summed E-state index contributed by atoms with van der Waals surface area (Å²) < 4.78 is 44.9. The molecule has 0 bridgehead atoms. The highest BCUT2D eigenvalue weighted by molar-refractivity contribution is 5.85. The highest BCUT2D eigenvalue weighted by Gasteiger charge is 2.37. The highest BCUT2D eigenvalue weighted by Crippen LogP contribution is 2.38. The number of benzene rings is 1. The molecule has 1 fully saturated rings. The lowest BCUT2D eigenvalue weighted by molar-refractivity contribution is -0.148. The lowest BCUT2D eigenvalue weighted by atomic mass is 9.99. The van der Waals surface area contributed by atoms with E-state index in [0.29, 0.717) is 37.5 Å². The molecule has 0 saturated carbocycles. The van der Waals surface area contributed by atoms with Crippen molar-refractivity contribution in [1.29, 1.82) is 0 Å². The van der Waals surface area contributed by atoms with Crippen molar-refractivity contribution in [1.82, 2.24) is 10.2 Å². The number of hydrogen-bond donors (Lipinski definition) is 1. The summed E-state index contributed by atoms with van der Waals surface area (Å²) in [5, 5.41) is 3.18. The third kappa shape index (κ3) is 6.20. The molecule has 1 atom stereocenters. The second-order valence-electron chi connectivity index (χ2n) is 5.83. The van der Waals surface area contributed by atoms with Gasteiger partial charge in [-0.2, -0.15) is 13.2 Å². The standard InChI is InChI=1S/C16H23F3N2O.ClH/c1-12(2)22-15-6-4-3-5-13(15)14(11-16(17,18)19)21-9-7-20-8-10-21;/h3-6,12,14,20H,7-11H2,1-2H3;1H/t14-;/m0./s1. The van der Waals surface area contributed by atoms with Crippen LogP contribution in [0.3, 0.4) is 0 Å². The van der Waals surface area contributed by atoms with Crippen LogP contribution in [0.2, 0.25) is 0 Å². The molecule has 1 heterocycles. The summed E-state index contributed by atoms with van der Waals surface area (Å²) >= 11 is 0. The molecule has 1 aliphatic heterocycles. The van der Waals surface area contributed by atoms with Crippen LogP contribution < -0.4 is 10.1 Å². The van der Waals surface area contributed by atoms with Gasteiger partial charge in [-0.15, -0.1) is 12.4 Å². The molecule has 0 unspecified atom stereocenters. The minimum absolute atomic E-state index is 0. The third-order valence-electron chi connectivity index (χ3n) is 3.66. The Balaban J connectivity index is 0.00000264. The van der Waals surface area contributed by atoms with Crippen LogP contribution in [0, 0.1) is 0 Å². The first-order valence-electron chi connectivity index (χ1n) is 7.64. The van der Waals surface area contributed by atoms with Gasteiger partial charge in [0.1, 0.15) is 5.75 Å². The fourth-order valence-corrected chi connectivity index (χ4v) is 2.77. The van der Waals surface area contributed by atoms with E-state index in [1.54, 1.807) is 24.3 Å². The van der Waals surface area contributed by atoms with Crippen molar-refractivity contribution in [2.45, 2.75) is 38.6 Å².